The first-order chi connectivity index (χ1) is 13.9. The molecule has 5 heterocycles. The minimum atomic E-state index is -3.07. The first kappa shape index (κ1) is 18.7. The van der Waals surface area contributed by atoms with Gasteiger partial charge in [0.1, 0.15) is 5.60 Å². The number of aromatic nitrogens is 1. The molecule has 1 aromatic rings. The van der Waals surface area contributed by atoms with Crippen LogP contribution in [0.3, 0.4) is 0 Å². The number of fused-ring (bicyclic) bond motifs is 1. The molecular weight excluding hydrogens is 394 g/mol. The first-order valence-electron chi connectivity index (χ1n) is 9.93. The summed E-state index contributed by atoms with van der Waals surface area (Å²) in [6, 6.07) is 3.86. The molecule has 4 aliphatic heterocycles. The Morgan fingerprint density at radius 2 is 1.97 bits per heavy atom. The Kier molecular flexibility index (Phi) is 4.29. The average molecular weight is 417 g/mol. The van der Waals surface area contributed by atoms with Gasteiger partial charge in [0.05, 0.1) is 36.0 Å². The molecule has 29 heavy (non-hydrogen) atoms. The van der Waals surface area contributed by atoms with E-state index in [4.69, 9.17) is 4.74 Å². The molecule has 8 nitrogen and oxygen atoms in total. The van der Waals surface area contributed by atoms with Gasteiger partial charge < -0.3 is 14.5 Å². The van der Waals surface area contributed by atoms with E-state index in [2.05, 4.69) is 4.98 Å². The summed E-state index contributed by atoms with van der Waals surface area (Å²) in [6.07, 6.45) is 7.60. The van der Waals surface area contributed by atoms with E-state index in [9.17, 15) is 18.0 Å². The van der Waals surface area contributed by atoms with Crippen molar-refractivity contribution >= 4 is 21.7 Å². The third-order valence-corrected chi connectivity index (χ3v) is 8.15. The Labute approximate surface area is 169 Å². The van der Waals surface area contributed by atoms with Crippen LogP contribution < -0.4 is 0 Å². The first-order valence-corrected chi connectivity index (χ1v) is 11.7. The molecule has 3 fully saturated rings. The van der Waals surface area contributed by atoms with Gasteiger partial charge >= 0.3 is 0 Å². The SMILES string of the molecule is O=C(C1C2C=CC3(CN(CCc4ccncc4)C(=O)C13)O2)N1CCS(=O)(=O)CC1. The number of ether oxygens (including phenoxy) is 1. The molecule has 0 saturated carbocycles. The average Bonchev–Trinajstić information content (AvgIpc) is 3.35. The zero-order valence-corrected chi connectivity index (χ0v) is 16.8. The summed E-state index contributed by atoms with van der Waals surface area (Å²) >= 11 is 0. The fourth-order valence-corrected chi connectivity index (χ4v) is 6.21. The summed E-state index contributed by atoms with van der Waals surface area (Å²) in [7, 11) is -3.07. The molecule has 3 saturated heterocycles. The standard InChI is InChI=1S/C20H23N3O5S/c24-18(22-9-11-29(26,27)12-10-22)16-15-1-5-20(28-15)13-23(19(25)17(16)20)8-4-14-2-6-21-7-3-14/h1-3,5-7,15-17H,4,8-13H2. The highest BCUT2D eigenvalue weighted by Crippen LogP contribution is 2.52. The molecule has 2 bridgehead atoms. The molecule has 4 aliphatic rings. The number of nitrogens with zero attached hydrogens (tertiary/aromatic N) is 3. The summed E-state index contributed by atoms with van der Waals surface area (Å²) < 4.78 is 29.5. The molecule has 0 radical (unpaired) electrons. The smallest absolute Gasteiger partial charge is 0.230 e. The van der Waals surface area contributed by atoms with E-state index in [0.717, 1.165) is 5.56 Å². The Morgan fingerprint density at radius 3 is 2.69 bits per heavy atom. The predicted octanol–water partition coefficient (Wildman–Crippen LogP) is -0.337. The lowest BCUT2D eigenvalue weighted by Crippen LogP contribution is -2.50. The molecule has 5 rings (SSSR count). The molecule has 4 atom stereocenters. The number of rotatable bonds is 4. The molecular formula is C20H23N3O5S. The maximum Gasteiger partial charge on any atom is 0.230 e. The van der Waals surface area contributed by atoms with Crippen molar-refractivity contribution in [3.63, 3.8) is 0 Å². The van der Waals surface area contributed by atoms with Gasteiger partial charge in [0.15, 0.2) is 9.84 Å². The normalized spacial score (nSPS) is 34.6. The molecule has 0 N–H and O–H groups in total. The van der Waals surface area contributed by atoms with Gasteiger partial charge in [-0.25, -0.2) is 8.42 Å². The second-order valence-electron chi connectivity index (χ2n) is 8.24. The van der Waals surface area contributed by atoms with Crippen molar-refractivity contribution in [3.8, 4) is 0 Å². The van der Waals surface area contributed by atoms with Crippen LogP contribution in [0.15, 0.2) is 36.7 Å². The molecule has 2 amide bonds. The van der Waals surface area contributed by atoms with E-state index in [1.54, 1.807) is 22.2 Å². The molecule has 4 unspecified atom stereocenters. The second kappa shape index (κ2) is 6.63. The van der Waals surface area contributed by atoms with Crippen molar-refractivity contribution in [1.82, 2.24) is 14.8 Å². The maximum absolute atomic E-state index is 13.2. The van der Waals surface area contributed by atoms with Gasteiger partial charge in [-0.3, -0.25) is 14.6 Å². The van der Waals surface area contributed by atoms with Crippen LogP contribution in [-0.4, -0.2) is 84.4 Å². The zero-order chi connectivity index (χ0) is 20.2. The van der Waals surface area contributed by atoms with Crippen molar-refractivity contribution in [3.05, 3.63) is 42.2 Å². The Morgan fingerprint density at radius 1 is 1.24 bits per heavy atom. The Bertz CT molecular complexity index is 965. The number of carbonyl (C=O) groups is 2. The van der Waals surface area contributed by atoms with Crippen molar-refractivity contribution in [2.45, 2.75) is 18.1 Å². The van der Waals surface area contributed by atoms with Gasteiger partial charge in [-0.05, 0) is 24.1 Å². The van der Waals surface area contributed by atoms with E-state index in [0.29, 0.717) is 19.5 Å². The summed E-state index contributed by atoms with van der Waals surface area (Å²) in [4.78, 5) is 33.8. The van der Waals surface area contributed by atoms with Crippen molar-refractivity contribution in [2.24, 2.45) is 11.8 Å². The largest absolute Gasteiger partial charge is 0.360 e. The van der Waals surface area contributed by atoms with E-state index in [-0.39, 0.29) is 36.4 Å². The molecule has 154 valence electrons. The van der Waals surface area contributed by atoms with Gasteiger partial charge in [0.2, 0.25) is 11.8 Å². The summed E-state index contributed by atoms with van der Waals surface area (Å²) in [5.41, 5.74) is 0.368. The van der Waals surface area contributed by atoms with Crippen molar-refractivity contribution in [2.75, 3.05) is 37.7 Å². The molecule has 1 spiro atoms. The predicted molar refractivity (Wildman–Crippen MR) is 103 cm³/mol. The number of pyridine rings is 1. The monoisotopic (exact) mass is 417 g/mol. The Balaban J connectivity index is 1.32. The minimum Gasteiger partial charge on any atom is -0.360 e. The highest BCUT2D eigenvalue weighted by Gasteiger charge is 2.67. The van der Waals surface area contributed by atoms with E-state index < -0.39 is 33.4 Å². The molecule has 0 aromatic carbocycles. The summed E-state index contributed by atoms with van der Waals surface area (Å²) in [5.74, 6) is -1.34. The fraction of sp³-hybridized carbons (Fsp3) is 0.550. The van der Waals surface area contributed by atoms with Gasteiger partial charge in [-0.15, -0.1) is 0 Å². The van der Waals surface area contributed by atoms with E-state index in [1.807, 2.05) is 24.3 Å². The third-order valence-electron chi connectivity index (χ3n) is 6.54. The lowest BCUT2D eigenvalue weighted by Gasteiger charge is -2.32. The highest BCUT2D eigenvalue weighted by atomic mass is 32.2. The van der Waals surface area contributed by atoms with E-state index in [1.165, 1.54) is 0 Å². The number of hydrogen-bond donors (Lipinski definition) is 0. The summed E-state index contributed by atoms with van der Waals surface area (Å²) in [5, 5.41) is 0. The zero-order valence-electron chi connectivity index (χ0n) is 15.9. The van der Waals surface area contributed by atoms with Crippen LogP contribution in [0.1, 0.15) is 5.56 Å². The number of hydrogen-bond acceptors (Lipinski definition) is 6. The van der Waals surface area contributed by atoms with Gasteiger partial charge in [0.25, 0.3) is 0 Å². The molecule has 9 heteroatoms. The number of likely N-dealkylation sites (tertiary alicyclic amines) is 1. The van der Waals surface area contributed by atoms with Gasteiger partial charge in [-0.1, -0.05) is 12.2 Å². The summed E-state index contributed by atoms with van der Waals surface area (Å²) in [6.45, 7) is 1.39. The van der Waals surface area contributed by atoms with Gasteiger partial charge in [0, 0.05) is 32.0 Å². The van der Waals surface area contributed by atoms with Crippen LogP contribution in [0.4, 0.5) is 0 Å². The number of amides is 2. The van der Waals surface area contributed by atoms with Crippen molar-refractivity contribution < 1.29 is 22.7 Å². The topological polar surface area (TPSA) is 96.9 Å². The van der Waals surface area contributed by atoms with Crippen LogP contribution in [0.5, 0.6) is 0 Å². The number of sulfone groups is 1. The lowest BCUT2D eigenvalue weighted by molar-refractivity contribution is -0.143. The highest BCUT2D eigenvalue weighted by molar-refractivity contribution is 7.91. The van der Waals surface area contributed by atoms with Crippen LogP contribution in [0.2, 0.25) is 0 Å². The van der Waals surface area contributed by atoms with Crippen LogP contribution in [0, 0.1) is 11.8 Å². The van der Waals surface area contributed by atoms with Crippen LogP contribution >= 0.6 is 0 Å². The fourth-order valence-electron chi connectivity index (χ4n) is 5.01. The van der Waals surface area contributed by atoms with E-state index >= 15 is 0 Å². The lowest BCUT2D eigenvalue weighted by atomic mass is 9.76. The maximum atomic E-state index is 13.2. The Hall–Kier alpha value is -2.26. The van der Waals surface area contributed by atoms with Gasteiger partial charge in [-0.2, -0.15) is 0 Å². The quantitative estimate of drug-likeness (QED) is 0.622. The second-order valence-corrected chi connectivity index (χ2v) is 10.5. The molecule has 0 aliphatic carbocycles. The van der Waals surface area contributed by atoms with Crippen molar-refractivity contribution in [1.29, 1.82) is 0 Å². The molecule has 1 aromatic heterocycles. The van der Waals surface area contributed by atoms with Crippen LogP contribution in [0.25, 0.3) is 0 Å². The minimum absolute atomic E-state index is 0.0192. The van der Waals surface area contributed by atoms with Crippen LogP contribution in [-0.2, 0) is 30.6 Å². The third kappa shape index (κ3) is 3.07. The number of carbonyl (C=O) groups excluding carboxylic acids is 2.